The first-order chi connectivity index (χ1) is 10.3. The summed E-state index contributed by atoms with van der Waals surface area (Å²) in [4.78, 5) is 20.3. The van der Waals surface area contributed by atoms with Gasteiger partial charge in [0.1, 0.15) is 11.5 Å². The summed E-state index contributed by atoms with van der Waals surface area (Å²) < 4.78 is 5.46. The zero-order valence-corrected chi connectivity index (χ0v) is 12.6. The molecule has 1 amide bonds. The van der Waals surface area contributed by atoms with E-state index >= 15 is 0 Å². The lowest BCUT2D eigenvalue weighted by Gasteiger charge is -2.10. The molecule has 0 aliphatic carbocycles. The van der Waals surface area contributed by atoms with Crippen molar-refractivity contribution < 1.29 is 9.53 Å². The lowest BCUT2D eigenvalue weighted by molar-refractivity contribution is 0.0853. The van der Waals surface area contributed by atoms with Crippen LogP contribution in [0.15, 0.2) is 12.4 Å². The summed E-state index contributed by atoms with van der Waals surface area (Å²) >= 11 is 0. The van der Waals surface area contributed by atoms with Gasteiger partial charge in [-0.3, -0.25) is 4.79 Å². The summed E-state index contributed by atoms with van der Waals surface area (Å²) in [5.74, 6) is 0.511. The fourth-order valence-electron chi connectivity index (χ4n) is 2.23. The van der Waals surface area contributed by atoms with Crippen molar-refractivity contribution in [2.45, 2.75) is 45.1 Å². The van der Waals surface area contributed by atoms with Crippen LogP contribution in [-0.2, 0) is 4.74 Å². The van der Waals surface area contributed by atoms with E-state index in [0.29, 0.717) is 18.1 Å². The molecular weight excluding hydrogens is 268 g/mol. The topological polar surface area (TPSA) is 76.1 Å². The Kier molecular flexibility index (Phi) is 6.40. The zero-order valence-electron chi connectivity index (χ0n) is 12.6. The third-order valence-electron chi connectivity index (χ3n) is 3.49. The van der Waals surface area contributed by atoms with Crippen molar-refractivity contribution in [3.05, 3.63) is 18.1 Å². The molecule has 1 fully saturated rings. The van der Waals surface area contributed by atoms with Crippen LogP contribution in [0.25, 0.3) is 0 Å². The number of carbonyl (C=O) groups excluding carboxylic acids is 1. The van der Waals surface area contributed by atoms with E-state index in [-0.39, 0.29) is 12.0 Å². The van der Waals surface area contributed by atoms with Crippen molar-refractivity contribution in [3.63, 3.8) is 0 Å². The summed E-state index contributed by atoms with van der Waals surface area (Å²) in [5.41, 5.74) is 0.340. The van der Waals surface area contributed by atoms with Crippen molar-refractivity contribution in [2.75, 3.05) is 25.0 Å². The maximum Gasteiger partial charge on any atom is 0.271 e. The molecule has 1 atom stereocenters. The molecule has 2 heterocycles. The molecule has 0 bridgehead atoms. The molecule has 1 saturated heterocycles. The Morgan fingerprint density at radius 3 is 2.95 bits per heavy atom. The number of hydrogen-bond donors (Lipinski definition) is 2. The van der Waals surface area contributed by atoms with Gasteiger partial charge in [-0.05, 0) is 19.3 Å². The Bertz CT molecular complexity index is 430. The van der Waals surface area contributed by atoms with Gasteiger partial charge in [0.05, 0.1) is 18.5 Å². The molecule has 1 aromatic rings. The first kappa shape index (κ1) is 15.7. The summed E-state index contributed by atoms with van der Waals surface area (Å²) in [7, 11) is 0. The normalized spacial score (nSPS) is 17.7. The lowest BCUT2D eigenvalue weighted by Crippen LogP contribution is -2.32. The number of nitrogens with one attached hydrogen (secondary N) is 2. The second-order valence-electron chi connectivity index (χ2n) is 5.27. The molecule has 6 nitrogen and oxygen atoms in total. The average molecular weight is 292 g/mol. The highest BCUT2D eigenvalue weighted by Crippen LogP contribution is 2.10. The van der Waals surface area contributed by atoms with Crippen LogP contribution < -0.4 is 10.6 Å². The molecule has 6 heteroatoms. The lowest BCUT2D eigenvalue weighted by atomic mass is 10.2. The van der Waals surface area contributed by atoms with E-state index in [1.54, 1.807) is 6.20 Å². The number of carbonyl (C=O) groups is 1. The standard InChI is InChI=1S/C15H24N4O2/c1-2-3-4-7-16-14-11-17-13(10-18-14)15(20)19-9-12-6-5-8-21-12/h10-12H,2-9H2,1H3,(H,16,18)(H,19,20). The van der Waals surface area contributed by atoms with Gasteiger partial charge in [0.25, 0.3) is 5.91 Å². The molecule has 1 aliphatic heterocycles. The molecule has 1 unspecified atom stereocenters. The minimum absolute atomic E-state index is 0.140. The average Bonchev–Trinajstić information content (AvgIpc) is 3.03. The summed E-state index contributed by atoms with van der Waals surface area (Å²) in [6.07, 6.45) is 8.83. The molecule has 1 aromatic heterocycles. The van der Waals surface area contributed by atoms with Crippen LogP contribution in [0.5, 0.6) is 0 Å². The van der Waals surface area contributed by atoms with E-state index in [4.69, 9.17) is 4.74 Å². The summed E-state index contributed by atoms with van der Waals surface area (Å²) in [5, 5.41) is 6.03. The van der Waals surface area contributed by atoms with Gasteiger partial charge >= 0.3 is 0 Å². The number of aromatic nitrogens is 2. The zero-order chi connectivity index (χ0) is 14.9. The largest absolute Gasteiger partial charge is 0.376 e. The van der Waals surface area contributed by atoms with Crippen molar-refractivity contribution in [1.29, 1.82) is 0 Å². The predicted octanol–water partition coefficient (Wildman–Crippen LogP) is 1.99. The van der Waals surface area contributed by atoms with Gasteiger partial charge in [-0.25, -0.2) is 9.97 Å². The van der Waals surface area contributed by atoms with Gasteiger partial charge in [-0.15, -0.1) is 0 Å². The van der Waals surface area contributed by atoms with E-state index in [2.05, 4.69) is 27.5 Å². The Balaban J connectivity index is 1.73. The van der Waals surface area contributed by atoms with Crippen LogP contribution in [0.1, 0.15) is 49.5 Å². The number of unbranched alkanes of at least 4 members (excludes halogenated alkanes) is 2. The van der Waals surface area contributed by atoms with Gasteiger partial charge in [-0.2, -0.15) is 0 Å². The number of hydrogen-bond acceptors (Lipinski definition) is 5. The quantitative estimate of drug-likeness (QED) is 0.717. The second-order valence-corrected chi connectivity index (χ2v) is 5.27. The highest BCUT2D eigenvalue weighted by molar-refractivity contribution is 5.92. The van der Waals surface area contributed by atoms with Crippen molar-refractivity contribution in [2.24, 2.45) is 0 Å². The number of anilines is 1. The van der Waals surface area contributed by atoms with Crippen LogP contribution in [0.2, 0.25) is 0 Å². The number of ether oxygens (including phenoxy) is 1. The minimum atomic E-state index is -0.199. The van der Waals surface area contributed by atoms with Gasteiger partial charge in [0, 0.05) is 19.7 Å². The van der Waals surface area contributed by atoms with E-state index in [1.807, 2.05) is 0 Å². The van der Waals surface area contributed by atoms with Crippen LogP contribution >= 0.6 is 0 Å². The van der Waals surface area contributed by atoms with Gasteiger partial charge in [0.15, 0.2) is 0 Å². The van der Waals surface area contributed by atoms with Gasteiger partial charge in [0.2, 0.25) is 0 Å². The molecule has 0 saturated carbocycles. The third-order valence-corrected chi connectivity index (χ3v) is 3.49. The maximum atomic E-state index is 11.9. The predicted molar refractivity (Wildman–Crippen MR) is 81.4 cm³/mol. The molecule has 0 aromatic carbocycles. The first-order valence-electron chi connectivity index (χ1n) is 7.75. The Morgan fingerprint density at radius 1 is 1.38 bits per heavy atom. The first-order valence-corrected chi connectivity index (χ1v) is 7.75. The number of amides is 1. The Morgan fingerprint density at radius 2 is 2.29 bits per heavy atom. The number of nitrogens with zero attached hydrogens (tertiary/aromatic N) is 2. The van der Waals surface area contributed by atoms with Gasteiger partial charge < -0.3 is 15.4 Å². The van der Waals surface area contributed by atoms with Crippen molar-refractivity contribution in [3.8, 4) is 0 Å². The molecule has 2 N–H and O–H groups in total. The maximum absolute atomic E-state index is 11.9. The van der Waals surface area contributed by atoms with Crippen LogP contribution in [0, 0.1) is 0 Å². The van der Waals surface area contributed by atoms with Crippen LogP contribution in [-0.4, -0.2) is 41.7 Å². The van der Waals surface area contributed by atoms with E-state index in [9.17, 15) is 4.79 Å². The van der Waals surface area contributed by atoms with Crippen LogP contribution in [0.4, 0.5) is 5.82 Å². The Labute approximate surface area is 125 Å². The SMILES string of the molecule is CCCCCNc1cnc(C(=O)NCC2CCCO2)cn1. The molecule has 1 aliphatic rings. The Hall–Kier alpha value is -1.69. The number of rotatable bonds is 8. The monoisotopic (exact) mass is 292 g/mol. The minimum Gasteiger partial charge on any atom is -0.376 e. The molecule has 116 valence electrons. The van der Waals surface area contributed by atoms with E-state index in [0.717, 1.165) is 32.4 Å². The van der Waals surface area contributed by atoms with Crippen LogP contribution in [0.3, 0.4) is 0 Å². The second kappa shape index (κ2) is 8.56. The molecule has 21 heavy (non-hydrogen) atoms. The fraction of sp³-hybridized carbons (Fsp3) is 0.667. The smallest absolute Gasteiger partial charge is 0.271 e. The summed E-state index contributed by atoms with van der Waals surface area (Å²) in [6, 6.07) is 0. The van der Waals surface area contributed by atoms with Gasteiger partial charge in [-0.1, -0.05) is 19.8 Å². The fourth-order valence-corrected chi connectivity index (χ4v) is 2.23. The highest BCUT2D eigenvalue weighted by Gasteiger charge is 2.17. The third kappa shape index (κ3) is 5.30. The summed E-state index contributed by atoms with van der Waals surface area (Å²) in [6.45, 7) is 4.38. The molecule has 2 rings (SSSR count). The van der Waals surface area contributed by atoms with E-state index < -0.39 is 0 Å². The molecule has 0 spiro atoms. The molecular formula is C15H24N4O2. The van der Waals surface area contributed by atoms with Crippen molar-refractivity contribution in [1.82, 2.24) is 15.3 Å². The highest BCUT2D eigenvalue weighted by atomic mass is 16.5. The van der Waals surface area contributed by atoms with Crippen molar-refractivity contribution >= 4 is 11.7 Å². The molecule has 0 radical (unpaired) electrons. The van der Waals surface area contributed by atoms with E-state index in [1.165, 1.54) is 19.0 Å².